The normalized spacial score (nSPS) is 32.3. The summed E-state index contributed by atoms with van der Waals surface area (Å²) in [7, 11) is 1.74. The molecular weight excluding hydrogens is 202 g/mol. The quantitative estimate of drug-likeness (QED) is 0.712. The smallest absolute Gasteiger partial charge is 0.237 e. The van der Waals surface area contributed by atoms with E-state index in [2.05, 4.69) is 15.5 Å². The van der Waals surface area contributed by atoms with Crippen LogP contribution < -0.4 is 10.6 Å². The van der Waals surface area contributed by atoms with E-state index < -0.39 is 0 Å². The lowest BCUT2D eigenvalue weighted by Gasteiger charge is -2.31. The van der Waals surface area contributed by atoms with Crippen molar-refractivity contribution < 1.29 is 4.79 Å². The summed E-state index contributed by atoms with van der Waals surface area (Å²) in [5, 5.41) is 6.23. The highest BCUT2D eigenvalue weighted by atomic mass is 16.2. The second-order valence-corrected chi connectivity index (χ2v) is 4.84. The fourth-order valence-corrected chi connectivity index (χ4v) is 3.01. The Balaban J connectivity index is 1.97. The molecule has 0 aliphatic carbocycles. The molecule has 2 N–H and O–H groups in total. The van der Waals surface area contributed by atoms with Crippen molar-refractivity contribution in [2.45, 2.75) is 44.2 Å². The first-order valence-electron chi connectivity index (χ1n) is 6.51. The minimum Gasteiger partial charge on any atom is -0.358 e. The van der Waals surface area contributed by atoms with Crippen molar-refractivity contribution in [2.24, 2.45) is 0 Å². The number of hydrogen-bond acceptors (Lipinski definition) is 3. The van der Waals surface area contributed by atoms with Gasteiger partial charge >= 0.3 is 0 Å². The average molecular weight is 225 g/mol. The van der Waals surface area contributed by atoms with Crippen molar-refractivity contribution in [3.8, 4) is 0 Å². The second kappa shape index (κ2) is 5.64. The molecule has 2 unspecified atom stereocenters. The molecule has 0 aromatic rings. The molecule has 2 atom stereocenters. The van der Waals surface area contributed by atoms with E-state index in [4.69, 9.17) is 0 Å². The maximum atomic E-state index is 11.8. The third kappa shape index (κ3) is 2.55. The van der Waals surface area contributed by atoms with Crippen molar-refractivity contribution in [3.63, 3.8) is 0 Å². The Bertz CT molecular complexity index is 236. The molecule has 2 heterocycles. The number of likely N-dealkylation sites (tertiary alicyclic amines) is 1. The fourth-order valence-electron chi connectivity index (χ4n) is 3.01. The first kappa shape index (κ1) is 11.9. The van der Waals surface area contributed by atoms with Crippen LogP contribution in [0.3, 0.4) is 0 Å². The maximum Gasteiger partial charge on any atom is 0.237 e. The zero-order valence-electron chi connectivity index (χ0n) is 10.2. The first-order valence-corrected chi connectivity index (χ1v) is 6.51. The zero-order valence-corrected chi connectivity index (χ0v) is 10.2. The molecule has 92 valence electrons. The second-order valence-electron chi connectivity index (χ2n) is 4.84. The maximum absolute atomic E-state index is 11.8. The van der Waals surface area contributed by atoms with Gasteiger partial charge in [-0.2, -0.15) is 0 Å². The molecule has 0 spiro atoms. The van der Waals surface area contributed by atoms with Crippen LogP contribution in [0.4, 0.5) is 0 Å². The van der Waals surface area contributed by atoms with Crippen LogP contribution in [0.1, 0.15) is 32.1 Å². The summed E-state index contributed by atoms with van der Waals surface area (Å²) in [6.07, 6.45) is 5.86. The zero-order chi connectivity index (χ0) is 11.4. The fraction of sp³-hybridized carbons (Fsp3) is 0.917. The molecule has 2 saturated heterocycles. The molecule has 0 aromatic heterocycles. The molecule has 4 heteroatoms. The van der Waals surface area contributed by atoms with Crippen molar-refractivity contribution in [1.82, 2.24) is 15.5 Å². The van der Waals surface area contributed by atoms with Gasteiger partial charge in [-0.25, -0.2) is 0 Å². The van der Waals surface area contributed by atoms with Crippen LogP contribution in [0.5, 0.6) is 0 Å². The number of nitrogens with zero attached hydrogens (tertiary/aromatic N) is 1. The minimum atomic E-state index is 0.132. The Morgan fingerprint density at radius 1 is 1.25 bits per heavy atom. The van der Waals surface area contributed by atoms with Crippen LogP contribution in [0.2, 0.25) is 0 Å². The van der Waals surface area contributed by atoms with E-state index in [1.165, 1.54) is 25.7 Å². The molecule has 2 fully saturated rings. The van der Waals surface area contributed by atoms with E-state index in [-0.39, 0.29) is 11.9 Å². The lowest BCUT2D eigenvalue weighted by atomic mass is 10.1. The van der Waals surface area contributed by atoms with Gasteiger partial charge in [0.25, 0.3) is 0 Å². The van der Waals surface area contributed by atoms with Crippen LogP contribution in [0.25, 0.3) is 0 Å². The lowest BCUT2D eigenvalue weighted by molar-refractivity contribution is -0.125. The third-order valence-corrected chi connectivity index (χ3v) is 3.86. The molecule has 0 aromatic carbocycles. The van der Waals surface area contributed by atoms with Gasteiger partial charge in [-0.05, 0) is 51.7 Å². The molecule has 2 aliphatic heterocycles. The Morgan fingerprint density at radius 3 is 2.94 bits per heavy atom. The van der Waals surface area contributed by atoms with E-state index in [1.807, 2.05) is 0 Å². The van der Waals surface area contributed by atoms with E-state index in [9.17, 15) is 4.79 Å². The van der Waals surface area contributed by atoms with Gasteiger partial charge in [0.15, 0.2) is 0 Å². The number of amides is 1. The predicted octanol–water partition coefficient (Wildman–Crippen LogP) is 0.339. The monoisotopic (exact) mass is 225 g/mol. The summed E-state index contributed by atoms with van der Waals surface area (Å²) in [6.45, 7) is 3.33. The summed E-state index contributed by atoms with van der Waals surface area (Å²) >= 11 is 0. The Hall–Kier alpha value is -0.610. The highest BCUT2D eigenvalue weighted by Crippen LogP contribution is 2.24. The molecule has 0 saturated carbocycles. The summed E-state index contributed by atoms with van der Waals surface area (Å²) in [6, 6.07) is 0.743. The molecule has 4 nitrogen and oxygen atoms in total. The number of rotatable bonds is 2. The van der Waals surface area contributed by atoms with Crippen molar-refractivity contribution in [2.75, 3.05) is 26.7 Å². The van der Waals surface area contributed by atoms with Crippen molar-refractivity contribution >= 4 is 5.91 Å². The number of likely N-dealkylation sites (N-methyl/N-ethyl adjacent to an activating group) is 1. The summed E-state index contributed by atoms with van der Waals surface area (Å²) in [4.78, 5) is 14.2. The summed E-state index contributed by atoms with van der Waals surface area (Å²) < 4.78 is 0. The number of hydrogen-bond donors (Lipinski definition) is 2. The largest absolute Gasteiger partial charge is 0.358 e. The molecule has 2 aliphatic rings. The van der Waals surface area contributed by atoms with Crippen LogP contribution >= 0.6 is 0 Å². The van der Waals surface area contributed by atoms with Crippen molar-refractivity contribution in [3.05, 3.63) is 0 Å². The minimum absolute atomic E-state index is 0.132. The van der Waals surface area contributed by atoms with Crippen LogP contribution in [-0.4, -0.2) is 49.6 Å². The Morgan fingerprint density at radius 2 is 2.12 bits per heavy atom. The van der Waals surface area contributed by atoms with Gasteiger partial charge in [0, 0.05) is 13.1 Å². The standard InChI is InChI=1S/C12H23N3O/c1-13-12(16)11-5-3-9-15(11)10-4-2-7-14-8-6-10/h10-11,14H,2-9H2,1H3,(H,13,16). The average Bonchev–Trinajstić information content (AvgIpc) is 2.64. The van der Waals surface area contributed by atoms with E-state index >= 15 is 0 Å². The third-order valence-electron chi connectivity index (χ3n) is 3.86. The summed E-state index contributed by atoms with van der Waals surface area (Å²) in [5.41, 5.74) is 0. The number of carbonyl (C=O) groups excluding carboxylic acids is 1. The van der Waals surface area contributed by atoms with Crippen LogP contribution in [0.15, 0.2) is 0 Å². The number of carbonyl (C=O) groups is 1. The first-order chi connectivity index (χ1) is 7.83. The molecule has 0 radical (unpaired) electrons. The number of nitrogens with one attached hydrogen (secondary N) is 2. The van der Waals surface area contributed by atoms with Gasteiger partial charge in [0.2, 0.25) is 5.91 Å². The molecular formula is C12H23N3O. The lowest BCUT2D eigenvalue weighted by Crippen LogP contribution is -2.47. The molecule has 16 heavy (non-hydrogen) atoms. The van der Waals surface area contributed by atoms with Gasteiger partial charge in [-0.15, -0.1) is 0 Å². The highest BCUT2D eigenvalue weighted by Gasteiger charge is 2.34. The van der Waals surface area contributed by atoms with E-state index in [0.29, 0.717) is 6.04 Å². The van der Waals surface area contributed by atoms with Crippen LogP contribution in [0, 0.1) is 0 Å². The van der Waals surface area contributed by atoms with E-state index in [0.717, 1.165) is 26.1 Å². The Labute approximate surface area is 97.8 Å². The topological polar surface area (TPSA) is 44.4 Å². The highest BCUT2D eigenvalue weighted by molar-refractivity contribution is 5.81. The van der Waals surface area contributed by atoms with Gasteiger partial charge < -0.3 is 10.6 Å². The van der Waals surface area contributed by atoms with Gasteiger partial charge in [0.1, 0.15) is 0 Å². The van der Waals surface area contributed by atoms with Crippen molar-refractivity contribution in [1.29, 1.82) is 0 Å². The molecule has 1 amide bonds. The van der Waals surface area contributed by atoms with Gasteiger partial charge in [0.05, 0.1) is 6.04 Å². The van der Waals surface area contributed by atoms with Gasteiger partial charge in [-0.1, -0.05) is 0 Å². The molecule has 0 bridgehead atoms. The molecule has 2 rings (SSSR count). The van der Waals surface area contributed by atoms with E-state index in [1.54, 1.807) is 7.05 Å². The van der Waals surface area contributed by atoms with Crippen LogP contribution in [-0.2, 0) is 4.79 Å². The SMILES string of the molecule is CNC(=O)C1CCCN1C1CCCNCC1. The summed E-state index contributed by atoms with van der Waals surface area (Å²) in [5.74, 6) is 0.203. The predicted molar refractivity (Wildman–Crippen MR) is 64.3 cm³/mol. The van der Waals surface area contributed by atoms with Gasteiger partial charge in [-0.3, -0.25) is 9.69 Å². The Kier molecular flexibility index (Phi) is 4.18.